The van der Waals surface area contributed by atoms with Crippen molar-refractivity contribution in [3.63, 3.8) is 0 Å². The summed E-state index contributed by atoms with van der Waals surface area (Å²) in [5, 5.41) is 3.26. The summed E-state index contributed by atoms with van der Waals surface area (Å²) in [5.74, 6) is 0. The summed E-state index contributed by atoms with van der Waals surface area (Å²) in [6, 6.07) is 4.70. The fourth-order valence-corrected chi connectivity index (χ4v) is 2.20. The zero-order valence-corrected chi connectivity index (χ0v) is 8.22. The molecule has 0 saturated heterocycles. The minimum atomic E-state index is 0.323. The third-order valence-corrected chi connectivity index (χ3v) is 2.82. The Morgan fingerprint density at radius 1 is 1.38 bits per heavy atom. The highest BCUT2D eigenvalue weighted by atomic mass is 14.8. The van der Waals surface area contributed by atoms with Gasteiger partial charge in [0.25, 0.3) is 0 Å². The summed E-state index contributed by atoms with van der Waals surface area (Å²) in [6.07, 6.45) is 2.05. The molecule has 0 saturated carbocycles. The van der Waals surface area contributed by atoms with E-state index in [0.29, 0.717) is 6.04 Å². The molecule has 2 rings (SSSR count). The zero-order chi connectivity index (χ0) is 9.42. The van der Waals surface area contributed by atoms with E-state index in [9.17, 15) is 0 Å². The van der Waals surface area contributed by atoms with E-state index in [1.54, 1.807) is 0 Å². The Morgan fingerprint density at radius 3 is 2.85 bits per heavy atom. The smallest absolute Gasteiger partial charge is 0.0403 e. The van der Waals surface area contributed by atoms with Gasteiger partial charge in [-0.05, 0) is 36.5 Å². The summed E-state index contributed by atoms with van der Waals surface area (Å²) in [7, 11) is 1.98. The number of nitrogens with two attached hydrogens (primary N) is 1. The molecule has 0 aliphatic heterocycles. The fourth-order valence-electron chi connectivity index (χ4n) is 2.20. The van der Waals surface area contributed by atoms with Gasteiger partial charge in [0.2, 0.25) is 0 Å². The molecule has 0 spiro atoms. The van der Waals surface area contributed by atoms with Crippen molar-refractivity contribution in [1.29, 1.82) is 0 Å². The Hall–Kier alpha value is -1.02. The average Bonchev–Trinajstić information content (AvgIpc) is 2.45. The number of benzene rings is 1. The molecule has 2 heteroatoms. The largest absolute Gasteiger partial charge is 0.388 e. The lowest BCUT2D eigenvalue weighted by Gasteiger charge is -2.10. The van der Waals surface area contributed by atoms with Crippen molar-refractivity contribution in [2.24, 2.45) is 5.73 Å². The standard InChI is InChI=1S/C11H16N2/c1-7-3-4-8-5-9(12)6-10(8)11(7)13-2/h3-4,9,13H,5-6,12H2,1-2H3. The molecular formula is C11H16N2. The third-order valence-electron chi connectivity index (χ3n) is 2.82. The number of aryl methyl sites for hydroxylation is 1. The van der Waals surface area contributed by atoms with Gasteiger partial charge < -0.3 is 11.1 Å². The highest BCUT2D eigenvalue weighted by molar-refractivity contribution is 5.61. The van der Waals surface area contributed by atoms with Gasteiger partial charge in [-0.1, -0.05) is 12.1 Å². The van der Waals surface area contributed by atoms with Crippen molar-refractivity contribution >= 4 is 5.69 Å². The number of anilines is 1. The van der Waals surface area contributed by atoms with E-state index in [-0.39, 0.29) is 0 Å². The molecule has 1 aromatic rings. The van der Waals surface area contributed by atoms with Crippen molar-refractivity contribution in [1.82, 2.24) is 0 Å². The predicted molar refractivity (Wildman–Crippen MR) is 56.1 cm³/mol. The van der Waals surface area contributed by atoms with Gasteiger partial charge in [-0.3, -0.25) is 0 Å². The summed E-state index contributed by atoms with van der Waals surface area (Å²) < 4.78 is 0. The maximum atomic E-state index is 5.93. The molecule has 0 heterocycles. The van der Waals surface area contributed by atoms with Gasteiger partial charge in [0.15, 0.2) is 0 Å². The van der Waals surface area contributed by atoms with Crippen molar-refractivity contribution in [2.75, 3.05) is 12.4 Å². The Balaban J connectivity index is 2.52. The molecule has 1 aliphatic carbocycles. The van der Waals surface area contributed by atoms with Gasteiger partial charge in [0.05, 0.1) is 0 Å². The molecule has 0 fully saturated rings. The number of rotatable bonds is 1. The van der Waals surface area contributed by atoms with Crippen LogP contribution in [0.2, 0.25) is 0 Å². The van der Waals surface area contributed by atoms with Crippen LogP contribution in [0.15, 0.2) is 12.1 Å². The average molecular weight is 176 g/mol. The quantitative estimate of drug-likeness (QED) is 0.680. The molecule has 1 atom stereocenters. The summed E-state index contributed by atoms with van der Waals surface area (Å²) in [4.78, 5) is 0. The summed E-state index contributed by atoms with van der Waals surface area (Å²) in [5.41, 5.74) is 11.4. The van der Waals surface area contributed by atoms with Crippen molar-refractivity contribution < 1.29 is 0 Å². The number of hydrogen-bond acceptors (Lipinski definition) is 2. The highest BCUT2D eigenvalue weighted by Crippen LogP contribution is 2.30. The molecular weight excluding hydrogens is 160 g/mol. The van der Waals surface area contributed by atoms with E-state index in [1.165, 1.54) is 22.4 Å². The zero-order valence-electron chi connectivity index (χ0n) is 8.22. The lowest BCUT2D eigenvalue weighted by atomic mass is 10.0. The van der Waals surface area contributed by atoms with Crippen LogP contribution in [0.1, 0.15) is 16.7 Å². The Morgan fingerprint density at radius 2 is 2.15 bits per heavy atom. The van der Waals surface area contributed by atoms with E-state index in [0.717, 1.165) is 12.8 Å². The minimum Gasteiger partial charge on any atom is -0.388 e. The molecule has 0 aromatic heterocycles. The van der Waals surface area contributed by atoms with Crippen LogP contribution in [0.4, 0.5) is 5.69 Å². The van der Waals surface area contributed by atoms with Gasteiger partial charge in [0.1, 0.15) is 0 Å². The van der Waals surface area contributed by atoms with Gasteiger partial charge in [-0.2, -0.15) is 0 Å². The molecule has 2 nitrogen and oxygen atoms in total. The van der Waals surface area contributed by atoms with Crippen LogP contribution in [0.5, 0.6) is 0 Å². The van der Waals surface area contributed by atoms with E-state index in [4.69, 9.17) is 5.73 Å². The fraction of sp³-hybridized carbons (Fsp3) is 0.455. The van der Waals surface area contributed by atoms with Crippen molar-refractivity contribution in [2.45, 2.75) is 25.8 Å². The van der Waals surface area contributed by atoms with Crippen LogP contribution in [-0.2, 0) is 12.8 Å². The van der Waals surface area contributed by atoms with Crippen LogP contribution in [0.25, 0.3) is 0 Å². The Bertz CT molecular complexity index is 331. The normalized spacial score (nSPS) is 20.1. The molecule has 0 amide bonds. The second kappa shape index (κ2) is 3.04. The van der Waals surface area contributed by atoms with Gasteiger partial charge >= 0.3 is 0 Å². The number of hydrogen-bond donors (Lipinski definition) is 2. The van der Waals surface area contributed by atoms with Gasteiger partial charge in [-0.25, -0.2) is 0 Å². The first kappa shape index (κ1) is 8.57. The second-order valence-electron chi connectivity index (χ2n) is 3.81. The molecule has 13 heavy (non-hydrogen) atoms. The summed E-state index contributed by atoms with van der Waals surface area (Å²) >= 11 is 0. The molecule has 1 aromatic carbocycles. The Labute approximate surface area is 79.1 Å². The van der Waals surface area contributed by atoms with E-state index in [1.807, 2.05) is 7.05 Å². The van der Waals surface area contributed by atoms with Crippen LogP contribution in [-0.4, -0.2) is 13.1 Å². The lowest BCUT2D eigenvalue weighted by molar-refractivity contribution is 0.721. The second-order valence-corrected chi connectivity index (χ2v) is 3.81. The van der Waals surface area contributed by atoms with Crippen LogP contribution in [0, 0.1) is 6.92 Å². The predicted octanol–water partition coefficient (Wildman–Crippen LogP) is 1.46. The Kier molecular flexibility index (Phi) is 2.00. The van der Waals surface area contributed by atoms with E-state index >= 15 is 0 Å². The highest BCUT2D eigenvalue weighted by Gasteiger charge is 2.21. The third kappa shape index (κ3) is 1.31. The molecule has 1 unspecified atom stereocenters. The van der Waals surface area contributed by atoms with Crippen LogP contribution < -0.4 is 11.1 Å². The molecule has 70 valence electrons. The van der Waals surface area contributed by atoms with Crippen LogP contribution in [0.3, 0.4) is 0 Å². The molecule has 3 N–H and O–H groups in total. The maximum Gasteiger partial charge on any atom is 0.0403 e. The monoisotopic (exact) mass is 176 g/mol. The van der Waals surface area contributed by atoms with Crippen molar-refractivity contribution in [3.8, 4) is 0 Å². The SMILES string of the molecule is CNc1c(C)ccc2c1CC(N)C2. The first-order chi connectivity index (χ1) is 6.22. The first-order valence-electron chi connectivity index (χ1n) is 4.77. The molecule has 0 radical (unpaired) electrons. The van der Waals surface area contributed by atoms with E-state index < -0.39 is 0 Å². The van der Waals surface area contributed by atoms with Gasteiger partial charge in [0, 0.05) is 18.8 Å². The van der Waals surface area contributed by atoms with Gasteiger partial charge in [-0.15, -0.1) is 0 Å². The minimum absolute atomic E-state index is 0.323. The number of fused-ring (bicyclic) bond motifs is 1. The lowest BCUT2D eigenvalue weighted by Crippen LogP contribution is -2.19. The first-order valence-corrected chi connectivity index (χ1v) is 4.77. The maximum absolute atomic E-state index is 5.93. The van der Waals surface area contributed by atoms with E-state index in [2.05, 4.69) is 24.4 Å². The molecule has 1 aliphatic rings. The number of nitrogens with one attached hydrogen (secondary N) is 1. The molecule has 0 bridgehead atoms. The van der Waals surface area contributed by atoms with Crippen LogP contribution >= 0.6 is 0 Å². The topological polar surface area (TPSA) is 38.0 Å². The summed E-state index contributed by atoms with van der Waals surface area (Å²) in [6.45, 7) is 2.13. The van der Waals surface area contributed by atoms with Crippen molar-refractivity contribution in [3.05, 3.63) is 28.8 Å².